The molecule has 3 rings (SSSR count). The molecular weight excluding hydrogens is 357 g/mol. The van der Waals surface area contributed by atoms with Crippen molar-refractivity contribution in [3.05, 3.63) is 70.5 Å². The molecule has 1 N–H and O–H groups in total. The largest absolute Gasteiger partial charge is 0.296 e. The zero-order valence-electron chi connectivity index (χ0n) is 13.7. The first-order chi connectivity index (χ1) is 12.0. The van der Waals surface area contributed by atoms with Gasteiger partial charge in [-0.2, -0.15) is 0 Å². The molecule has 0 aliphatic rings. The topological polar surface area (TPSA) is 54.9 Å². The third-order valence-electron chi connectivity index (χ3n) is 3.59. The van der Waals surface area contributed by atoms with Crippen molar-refractivity contribution < 1.29 is 9.18 Å². The van der Waals surface area contributed by atoms with E-state index in [0.717, 1.165) is 10.1 Å². The highest BCUT2D eigenvalue weighted by molar-refractivity contribution is 8.00. The van der Waals surface area contributed by atoms with Crippen LogP contribution < -0.4 is 5.32 Å². The van der Waals surface area contributed by atoms with Gasteiger partial charge in [0.1, 0.15) is 5.82 Å². The molecule has 0 radical (unpaired) electrons. The van der Waals surface area contributed by atoms with Crippen molar-refractivity contribution in [1.29, 1.82) is 0 Å². The Morgan fingerprint density at radius 1 is 1.16 bits per heavy atom. The van der Waals surface area contributed by atoms with Gasteiger partial charge >= 0.3 is 0 Å². The van der Waals surface area contributed by atoms with Crippen molar-refractivity contribution in [3.8, 4) is 0 Å². The second-order valence-corrected chi connectivity index (χ2v) is 7.75. The van der Waals surface area contributed by atoms with Gasteiger partial charge in [0.2, 0.25) is 5.13 Å². The van der Waals surface area contributed by atoms with Crippen molar-refractivity contribution in [2.75, 3.05) is 5.32 Å². The fourth-order valence-corrected chi connectivity index (χ4v) is 3.99. The molecule has 1 amide bonds. The number of aryl methyl sites for hydroxylation is 2. The highest BCUT2D eigenvalue weighted by Gasteiger charge is 2.11. The van der Waals surface area contributed by atoms with Crippen LogP contribution in [0.3, 0.4) is 0 Å². The van der Waals surface area contributed by atoms with Gasteiger partial charge in [-0.05, 0) is 49.2 Å². The molecule has 1 aromatic heterocycles. The Bertz CT molecular complexity index is 894. The number of benzene rings is 2. The molecule has 0 spiro atoms. The minimum absolute atomic E-state index is 0.331. The van der Waals surface area contributed by atoms with Crippen LogP contribution in [0.15, 0.2) is 46.8 Å². The molecule has 4 nitrogen and oxygen atoms in total. The maximum atomic E-state index is 12.9. The van der Waals surface area contributed by atoms with E-state index in [1.165, 1.54) is 52.3 Å². The molecule has 1 heterocycles. The number of rotatable bonds is 5. The smallest absolute Gasteiger partial charge is 0.257 e. The highest BCUT2D eigenvalue weighted by atomic mass is 32.2. The van der Waals surface area contributed by atoms with Crippen LogP contribution >= 0.6 is 23.1 Å². The molecule has 3 aromatic rings. The minimum atomic E-state index is -0.377. The van der Waals surface area contributed by atoms with Crippen molar-refractivity contribution >= 4 is 34.1 Å². The van der Waals surface area contributed by atoms with Crippen LogP contribution in [-0.4, -0.2) is 16.1 Å². The second kappa shape index (κ2) is 7.76. The molecule has 25 heavy (non-hydrogen) atoms. The average Bonchev–Trinajstić information content (AvgIpc) is 3.03. The van der Waals surface area contributed by atoms with Crippen LogP contribution in [0.2, 0.25) is 0 Å². The predicted octanol–water partition coefficient (Wildman–Crippen LogP) is 4.84. The molecule has 2 aromatic carbocycles. The normalized spacial score (nSPS) is 10.7. The Balaban J connectivity index is 1.61. The van der Waals surface area contributed by atoms with Gasteiger partial charge in [0, 0.05) is 11.3 Å². The van der Waals surface area contributed by atoms with E-state index in [4.69, 9.17) is 0 Å². The lowest BCUT2D eigenvalue weighted by Crippen LogP contribution is -2.11. The monoisotopic (exact) mass is 373 g/mol. The summed E-state index contributed by atoms with van der Waals surface area (Å²) in [7, 11) is 0. The standard InChI is InChI=1S/C18H16FN3OS2/c1-11-3-4-12(2)14(9-11)10-24-18-22-21-17(25-18)20-16(23)13-5-7-15(19)8-6-13/h3-9H,10H2,1-2H3,(H,20,21,23). The molecular formula is C18H16FN3OS2. The Kier molecular flexibility index (Phi) is 5.45. The first-order valence-corrected chi connectivity index (χ1v) is 9.41. The molecule has 128 valence electrons. The number of anilines is 1. The quantitative estimate of drug-likeness (QED) is 0.514. The summed E-state index contributed by atoms with van der Waals surface area (Å²) in [5, 5.41) is 11.2. The van der Waals surface area contributed by atoms with Gasteiger partial charge in [-0.15, -0.1) is 10.2 Å². The van der Waals surface area contributed by atoms with Gasteiger partial charge in [0.15, 0.2) is 4.34 Å². The van der Waals surface area contributed by atoms with E-state index >= 15 is 0 Å². The minimum Gasteiger partial charge on any atom is -0.296 e. The number of nitrogens with zero attached hydrogens (tertiary/aromatic N) is 2. The first kappa shape index (κ1) is 17.6. The van der Waals surface area contributed by atoms with Crippen LogP contribution in [-0.2, 0) is 5.75 Å². The summed E-state index contributed by atoms with van der Waals surface area (Å²) in [6.45, 7) is 4.16. The Hall–Kier alpha value is -2.25. The zero-order valence-corrected chi connectivity index (χ0v) is 15.4. The summed E-state index contributed by atoms with van der Waals surface area (Å²) in [5.74, 6) is 0.0912. The Morgan fingerprint density at radius 2 is 1.92 bits per heavy atom. The number of halogens is 1. The van der Waals surface area contributed by atoms with Crippen molar-refractivity contribution in [2.24, 2.45) is 0 Å². The van der Waals surface area contributed by atoms with Crippen LogP contribution in [0.1, 0.15) is 27.0 Å². The summed E-state index contributed by atoms with van der Waals surface area (Å²) in [5.41, 5.74) is 4.11. The molecule has 0 aliphatic carbocycles. The molecule has 0 saturated heterocycles. The van der Waals surface area contributed by atoms with Crippen LogP contribution in [0.5, 0.6) is 0 Å². The zero-order chi connectivity index (χ0) is 17.8. The average molecular weight is 373 g/mol. The third kappa shape index (κ3) is 4.64. The molecule has 7 heteroatoms. The lowest BCUT2D eigenvalue weighted by Gasteiger charge is -2.05. The molecule has 0 fully saturated rings. The predicted molar refractivity (Wildman–Crippen MR) is 99.7 cm³/mol. The summed E-state index contributed by atoms with van der Waals surface area (Å²) < 4.78 is 13.7. The first-order valence-electron chi connectivity index (χ1n) is 7.60. The number of thioether (sulfide) groups is 1. The van der Waals surface area contributed by atoms with E-state index in [-0.39, 0.29) is 11.7 Å². The Labute approximate surface area is 153 Å². The van der Waals surface area contributed by atoms with Crippen LogP contribution in [0.4, 0.5) is 9.52 Å². The number of amides is 1. The van der Waals surface area contributed by atoms with Gasteiger partial charge in [-0.1, -0.05) is 46.9 Å². The molecule has 0 saturated carbocycles. The van der Waals surface area contributed by atoms with Crippen molar-refractivity contribution in [1.82, 2.24) is 10.2 Å². The number of nitrogens with one attached hydrogen (secondary N) is 1. The number of carbonyl (C=O) groups is 1. The molecule has 0 atom stereocenters. The molecule has 0 unspecified atom stereocenters. The van der Waals surface area contributed by atoms with Gasteiger partial charge in [-0.25, -0.2) is 4.39 Å². The highest BCUT2D eigenvalue weighted by Crippen LogP contribution is 2.29. The fraction of sp³-hybridized carbons (Fsp3) is 0.167. The van der Waals surface area contributed by atoms with Crippen LogP contribution in [0, 0.1) is 19.7 Å². The maximum Gasteiger partial charge on any atom is 0.257 e. The van der Waals surface area contributed by atoms with Gasteiger partial charge in [0.05, 0.1) is 0 Å². The van der Waals surface area contributed by atoms with E-state index in [9.17, 15) is 9.18 Å². The number of aromatic nitrogens is 2. The lowest BCUT2D eigenvalue weighted by atomic mass is 10.1. The van der Waals surface area contributed by atoms with E-state index in [0.29, 0.717) is 10.7 Å². The van der Waals surface area contributed by atoms with Crippen LogP contribution in [0.25, 0.3) is 0 Å². The summed E-state index contributed by atoms with van der Waals surface area (Å²) in [6.07, 6.45) is 0. The molecule has 0 aliphatic heterocycles. The maximum absolute atomic E-state index is 12.9. The van der Waals surface area contributed by atoms with E-state index in [1.54, 1.807) is 11.8 Å². The van der Waals surface area contributed by atoms with E-state index < -0.39 is 0 Å². The summed E-state index contributed by atoms with van der Waals surface area (Å²) in [6, 6.07) is 11.7. The molecule has 0 bridgehead atoms. The lowest BCUT2D eigenvalue weighted by molar-refractivity contribution is 0.102. The number of hydrogen-bond acceptors (Lipinski definition) is 5. The Morgan fingerprint density at radius 3 is 2.68 bits per heavy atom. The second-order valence-electron chi connectivity index (χ2n) is 5.55. The van der Waals surface area contributed by atoms with Gasteiger partial charge in [-0.3, -0.25) is 10.1 Å². The van der Waals surface area contributed by atoms with E-state index in [1.807, 2.05) is 0 Å². The number of hydrogen-bond donors (Lipinski definition) is 1. The third-order valence-corrected chi connectivity index (χ3v) is 5.61. The summed E-state index contributed by atoms with van der Waals surface area (Å²) >= 11 is 2.91. The van der Waals surface area contributed by atoms with Crippen molar-refractivity contribution in [3.63, 3.8) is 0 Å². The fourth-order valence-electron chi connectivity index (χ4n) is 2.18. The summed E-state index contributed by atoms with van der Waals surface area (Å²) in [4.78, 5) is 12.1. The SMILES string of the molecule is Cc1ccc(C)c(CSc2nnc(NC(=O)c3ccc(F)cc3)s2)c1. The van der Waals surface area contributed by atoms with Crippen molar-refractivity contribution in [2.45, 2.75) is 23.9 Å². The number of carbonyl (C=O) groups excluding carboxylic acids is 1. The van der Waals surface area contributed by atoms with E-state index in [2.05, 4.69) is 47.6 Å². The van der Waals surface area contributed by atoms with Gasteiger partial charge in [0.25, 0.3) is 5.91 Å². The van der Waals surface area contributed by atoms with Gasteiger partial charge < -0.3 is 0 Å².